The Hall–Kier alpha value is -2.49. The maximum atomic E-state index is 12.4. The highest BCUT2D eigenvalue weighted by molar-refractivity contribution is 5.72. The molecule has 3 rings (SSSR count). The molecule has 1 aliphatic rings. The van der Waals surface area contributed by atoms with Crippen molar-refractivity contribution in [3.63, 3.8) is 0 Å². The average molecular weight is 310 g/mol. The van der Waals surface area contributed by atoms with Gasteiger partial charge in [0.2, 0.25) is 0 Å². The van der Waals surface area contributed by atoms with E-state index in [1.54, 1.807) is 5.01 Å². The molecule has 0 spiro atoms. The molecular weight excluding hydrogens is 288 g/mol. The topological polar surface area (TPSA) is 32.8 Å². The zero-order valence-electron chi connectivity index (χ0n) is 13.6. The van der Waals surface area contributed by atoms with Crippen LogP contribution in [-0.4, -0.2) is 23.8 Å². The first-order chi connectivity index (χ1) is 11.2. The monoisotopic (exact) mass is 310 g/mol. The van der Waals surface area contributed by atoms with Crippen LogP contribution in [0, 0.1) is 0 Å². The molecule has 1 aliphatic heterocycles. The van der Waals surface area contributed by atoms with E-state index in [2.05, 4.69) is 19.1 Å². The molecule has 120 valence electrons. The quantitative estimate of drug-likeness (QED) is 0.855. The molecule has 1 fully saturated rings. The summed E-state index contributed by atoms with van der Waals surface area (Å²) in [5.74, 6) is 0. The number of benzene rings is 2. The highest BCUT2D eigenvalue weighted by Crippen LogP contribution is 2.25. The van der Waals surface area contributed by atoms with E-state index in [1.165, 1.54) is 5.56 Å². The maximum Gasteiger partial charge on any atom is 0.429 e. The van der Waals surface area contributed by atoms with Crippen molar-refractivity contribution in [2.24, 2.45) is 0 Å². The maximum absolute atomic E-state index is 12.4. The van der Waals surface area contributed by atoms with Gasteiger partial charge in [-0.05, 0) is 36.6 Å². The van der Waals surface area contributed by atoms with Crippen molar-refractivity contribution < 1.29 is 9.53 Å². The van der Waals surface area contributed by atoms with E-state index >= 15 is 0 Å². The molecule has 2 aromatic rings. The van der Waals surface area contributed by atoms with Gasteiger partial charge in [-0.25, -0.2) is 9.80 Å². The van der Waals surface area contributed by atoms with Crippen LogP contribution in [0.25, 0.3) is 0 Å². The number of hydrogen-bond acceptors (Lipinski definition) is 3. The second kappa shape index (κ2) is 6.73. The normalized spacial score (nSPS) is 18.0. The van der Waals surface area contributed by atoms with Crippen LogP contribution in [0.2, 0.25) is 0 Å². The Labute approximate surface area is 137 Å². The van der Waals surface area contributed by atoms with E-state index < -0.39 is 0 Å². The van der Waals surface area contributed by atoms with Crippen molar-refractivity contribution in [2.75, 3.05) is 11.6 Å². The zero-order valence-corrected chi connectivity index (χ0v) is 13.6. The largest absolute Gasteiger partial charge is 0.443 e. The average Bonchev–Trinajstić information content (AvgIpc) is 2.58. The van der Waals surface area contributed by atoms with Crippen molar-refractivity contribution >= 4 is 11.8 Å². The van der Waals surface area contributed by atoms with E-state index in [4.69, 9.17) is 4.74 Å². The Morgan fingerprint density at radius 2 is 1.83 bits per heavy atom. The first-order valence-corrected chi connectivity index (χ1v) is 8.06. The standard InChI is InChI=1S/C19H22N2O2/c1-3-16-10-7-11-18(12-16)20-13-15(2)23-19(22)21(20)14-17-8-5-4-6-9-17/h4-12,15H,3,13-14H2,1-2H3. The molecule has 0 radical (unpaired) electrons. The molecule has 1 saturated heterocycles. The number of aryl methyl sites for hydroxylation is 1. The second-order valence-corrected chi connectivity index (χ2v) is 5.84. The third-order valence-corrected chi connectivity index (χ3v) is 4.03. The van der Waals surface area contributed by atoms with Crippen LogP contribution in [-0.2, 0) is 17.7 Å². The van der Waals surface area contributed by atoms with E-state index in [9.17, 15) is 4.79 Å². The molecule has 23 heavy (non-hydrogen) atoms. The van der Waals surface area contributed by atoms with Crippen LogP contribution in [0.5, 0.6) is 0 Å². The van der Waals surface area contributed by atoms with E-state index in [-0.39, 0.29) is 12.2 Å². The minimum absolute atomic E-state index is 0.125. The molecule has 1 heterocycles. The van der Waals surface area contributed by atoms with Gasteiger partial charge in [-0.1, -0.05) is 49.4 Å². The Balaban J connectivity index is 1.91. The summed E-state index contributed by atoms with van der Waals surface area (Å²) in [6.07, 6.45) is 0.551. The van der Waals surface area contributed by atoms with Crippen LogP contribution < -0.4 is 5.01 Å². The molecule has 0 aliphatic carbocycles. The van der Waals surface area contributed by atoms with Gasteiger partial charge in [0.25, 0.3) is 0 Å². The number of carbonyl (C=O) groups excluding carboxylic acids is 1. The van der Waals surface area contributed by atoms with Gasteiger partial charge < -0.3 is 4.74 Å². The Morgan fingerprint density at radius 3 is 2.57 bits per heavy atom. The summed E-state index contributed by atoms with van der Waals surface area (Å²) in [5, 5.41) is 3.72. The fraction of sp³-hybridized carbons (Fsp3) is 0.316. The third-order valence-electron chi connectivity index (χ3n) is 4.03. The Kier molecular flexibility index (Phi) is 4.51. The predicted molar refractivity (Wildman–Crippen MR) is 91.1 cm³/mol. The van der Waals surface area contributed by atoms with Crippen molar-refractivity contribution in [3.8, 4) is 0 Å². The van der Waals surface area contributed by atoms with E-state index in [0.29, 0.717) is 13.1 Å². The molecule has 1 amide bonds. The number of hydrogen-bond donors (Lipinski definition) is 0. The van der Waals surface area contributed by atoms with Gasteiger partial charge in [-0.3, -0.25) is 5.01 Å². The van der Waals surface area contributed by atoms with Crippen LogP contribution in [0.3, 0.4) is 0 Å². The van der Waals surface area contributed by atoms with Crippen LogP contribution in [0.15, 0.2) is 54.6 Å². The molecule has 1 unspecified atom stereocenters. The first kappa shape index (κ1) is 15.4. The minimum atomic E-state index is -0.297. The lowest BCUT2D eigenvalue weighted by Gasteiger charge is -2.41. The van der Waals surface area contributed by atoms with Gasteiger partial charge in [0.15, 0.2) is 0 Å². The van der Waals surface area contributed by atoms with Crippen molar-refractivity contribution in [3.05, 3.63) is 65.7 Å². The lowest BCUT2D eigenvalue weighted by Crippen LogP contribution is -2.55. The second-order valence-electron chi connectivity index (χ2n) is 5.84. The van der Waals surface area contributed by atoms with Crippen molar-refractivity contribution in [2.45, 2.75) is 32.9 Å². The van der Waals surface area contributed by atoms with Gasteiger partial charge >= 0.3 is 6.09 Å². The molecule has 4 heteroatoms. The van der Waals surface area contributed by atoms with Crippen molar-refractivity contribution in [1.82, 2.24) is 5.01 Å². The molecule has 0 N–H and O–H groups in total. The summed E-state index contributed by atoms with van der Waals surface area (Å²) in [6.45, 7) is 5.22. The third kappa shape index (κ3) is 3.47. The number of anilines is 1. The smallest absolute Gasteiger partial charge is 0.429 e. The van der Waals surface area contributed by atoms with Crippen LogP contribution in [0.1, 0.15) is 25.0 Å². The summed E-state index contributed by atoms with van der Waals surface area (Å²) >= 11 is 0. The fourth-order valence-corrected chi connectivity index (χ4v) is 2.80. The van der Waals surface area contributed by atoms with Crippen molar-refractivity contribution in [1.29, 1.82) is 0 Å². The predicted octanol–water partition coefficient (Wildman–Crippen LogP) is 4.01. The summed E-state index contributed by atoms with van der Waals surface area (Å²) in [7, 11) is 0. The SMILES string of the molecule is CCc1cccc(N2CC(C)OC(=O)N2Cc2ccccc2)c1. The van der Waals surface area contributed by atoms with Gasteiger partial charge in [-0.15, -0.1) is 0 Å². The van der Waals surface area contributed by atoms with Crippen LogP contribution in [0.4, 0.5) is 10.5 Å². The summed E-state index contributed by atoms with van der Waals surface area (Å²) in [4.78, 5) is 12.4. The minimum Gasteiger partial charge on any atom is -0.443 e. The van der Waals surface area contributed by atoms with Gasteiger partial charge in [-0.2, -0.15) is 0 Å². The number of carbonyl (C=O) groups is 1. The number of amides is 1. The molecule has 1 atom stereocenters. The lowest BCUT2D eigenvalue weighted by molar-refractivity contribution is 0.0322. The summed E-state index contributed by atoms with van der Waals surface area (Å²) < 4.78 is 5.42. The molecule has 0 saturated carbocycles. The number of ether oxygens (including phenoxy) is 1. The summed E-state index contributed by atoms with van der Waals surface area (Å²) in [5.41, 5.74) is 3.37. The lowest BCUT2D eigenvalue weighted by atomic mass is 10.1. The van der Waals surface area contributed by atoms with Crippen LogP contribution >= 0.6 is 0 Å². The molecule has 4 nitrogen and oxygen atoms in total. The molecule has 0 aromatic heterocycles. The number of rotatable bonds is 4. The van der Waals surface area contributed by atoms with Gasteiger partial charge in [0, 0.05) is 0 Å². The van der Waals surface area contributed by atoms with Gasteiger partial charge in [0.05, 0.1) is 18.8 Å². The Bertz CT molecular complexity index is 672. The molecular formula is C19H22N2O2. The fourth-order valence-electron chi connectivity index (χ4n) is 2.80. The zero-order chi connectivity index (χ0) is 16.2. The van der Waals surface area contributed by atoms with E-state index in [1.807, 2.05) is 54.4 Å². The van der Waals surface area contributed by atoms with Gasteiger partial charge in [0.1, 0.15) is 6.10 Å². The summed E-state index contributed by atoms with van der Waals surface area (Å²) in [6, 6.07) is 18.3. The van der Waals surface area contributed by atoms with E-state index in [0.717, 1.165) is 17.7 Å². The highest BCUT2D eigenvalue weighted by Gasteiger charge is 2.32. The highest BCUT2D eigenvalue weighted by atomic mass is 16.6. The number of hydrazine groups is 1. The Morgan fingerprint density at radius 1 is 1.09 bits per heavy atom. The number of nitrogens with zero attached hydrogens (tertiary/aromatic N) is 2. The number of cyclic esters (lactones) is 1. The molecule has 2 aromatic carbocycles. The first-order valence-electron chi connectivity index (χ1n) is 8.06. The molecule has 0 bridgehead atoms.